The van der Waals surface area contributed by atoms with E-state index < -0.39 is 29.6 Å². The molecular weight excluding hydrogens is 491 g/mol. The van der Waals surface area contributed by atoms with Crippen LogP contribution in [0.3, 0.4) is 0 Å². The van der Waals surface area contributed by atoms with E-state index in [2.05, 4.69) is 10.1 Å². The summed E-state index contributed by atoms with van der Waals surface area (Å²) in [5, 5.41) is 2.54. The predicted molar refractivity (Wildman–Crippen MR) is 127 cm³/mol. The number of halogens is 2. The largest absolute Gasteiger partial charge is 0.493 e. The lowest BCUT2D eigenvalue weighted by atomic mass is 10.2. The normalized spacial score (nSPS) is 14.5. The minimum absolute atomic E-state index is 0.0673. The summed E-state index contributed by atoms with van der Waals surface area (Å²) in [6.45, 7) is 1.72. The van der Waals surface area contributed by atoms with Crippen molar-refractivity contribution in [3.8, 4) is 5.75 Å². The van der Waals surface area contributed by atoms with E-state index in [1.165, 1.54) is 31.4 Å². The Morgan fingerprint density at radius 3 is 2.61 bits per heavy atom. The van der Waals surface area contributed by atoms with Crippen LogP contribution < -0.4 is 10.1 Å². The van der Waals surface area contributed by atoms with Crippen molar-refractivity contribution < 1.29 is 28.7 Å². The van der Waals surface area contributed by atoms with E-state index in [-0.39, 0.29) is 21.2 Å². The molecule has 0 aromatic heterocycles. The monoisotopic (exact) mass is 508 g/mol. The number of methoxy groups -OCH3 is 1. The Labute approximate surface area is 203 Å². The van der Waals surface area contributed by atoms with Gasteiger partial charge in [-0.3, -0.25) is 19.3 Å². The molecule has 33 heavy (non-hydrogen) atoms. The van der Waals surface area contributed by atoms with E-state index in [4.69, 9.17) is 27.9 Å². The summed E-state index contributed by atoms with van der Waals surface area (Å²) in [7, 11) is 1.21. The summed E-state index contributed by atoms with van der Waals surface area (Å²) in [5.74, 6) is -1.40. The molecule has 1 heterocycles. The first-order chi connectivity index (χ1) is 15.7. The fourth-order valence-corrected chi connectivity index (χ4v) is 4.11. The van der Waals surface area contributed by atoms with Crippen molar-refractivity contribution in [1.82, 2.24) is 4.90 Å². The van der Waals surface area contributed by atoms with E-state index in [1.54, 1.807) is 18.2 Å². The van der Waals surface area contributed by atoms with Crippen LogP contribution >= 0.6 is 35.0 Å². The zero-order valence-electron chi connectivity index (χ0n) is 17.5. The SMILES string of the molecule is CCOc1ccc(Cl)cc1/C=C1/SC(=O)N(CC(=O)Nc2ccc(Cl)c(C(=O)OC)c2)C1=O. The number of nitrogens with zero attached hydrogens (tertiary/aromatic N) is 1. The minimum atomic E-state index is -0.667. The Bertz CT molecular complexity index is 1170. The zero-order valence-corrected chi connectivity index (χ0v) is 19.8. The van der Waals surface area contributed by atoms with Gasteiger partial charge in [-0.25, -0.2) is 4.79 Å². The van der Waals surface area contributed by atoms with Crippen molar-refractivity contribution in [2.45, 2.75) is 6.92 Å². The quantitative estimate of drug-likeness (QED) is 0.421. The molecule has 0 aliphatic carbocycles. The molecule has 3 rings (SSSR count). The fourth-order valence-electron chi connectivity index (χ4n) is 2.91. The average Bonchev–Trinajstić information content (AvgIpc) is 3.03. The van der Waals surface area contributed by atoms with Crippen LogP contribution in [0.4, 0.5) is 10.5 Å². The molecule has 8 nitrogen and oxygen atoms in total. The number of esters is 1. The average molecular weight is 509 g/mol. The summed E-state index contributed by atoms with van der Waals surface area (Å²) >= 11 is 12.7. The van der Waals surface area contributed by atoms with Crippen LogP contribution in [-0.4, -0.2) is 48.2 Å². The second-order valence-electron chi connectivity index (χ2n) is 6.62. The number of hydrogen-bond donors (Lipinski definition) is 1. The van der Waals surface area contributed by atoms with E-state index in [1.807, 2.05) is 6.92 Å². The maximum absolute atomic E-state index is 12.8. The first kappa shape index (κ1) is 24.6. The van der Waals surface area contributed by atoms with Crippen LogP contribution in [0.2, 0.25) is 10.0 Å². The number of nitrogens with one attached hydrogen (secondary N) is 1. The highest BCUT2D eigenvalue weighted by Gasteiger charge is 2.36. The van der Waals surface area contributed by atoms with Gasteiger partial charge < -0.3 is 14.8 Å². The van der Waals surface area contributed by atoms with E-state index >= 15 is 0 Å². The molecule has 1 fully saturated rings. The molecule has 0 atom stereocenters. The number of benzene rings is 2. The molecule has 0 spiro atoms. The Morgan fingerprint density at radius 1 is 1.15 bits per heavy atom. The number of amides is 3. The summed E-state index contributed by atoms with van der Waals surface area (Å²) in [6.07, 6.45) is 1.50. The molecular formula is C22H18Cl2N2O6S. The molecule has 3 amide bonds. The third kappa shape index (κ3) is 5.87. The third-order valence-electron chi connectivity index (χ3n) is 4.39. The number of imide groups is 1. The fraction of sp³-hybridized carbons (Fsp3) is 0.182. The van der Waals surface area contributed by atoms with Gasteiger partial charge in [0.2, 0.25) is 5.91 Å². The van der Waals surface area contributed by atoms with E-state index in [0.717, 1.165) is 4.90 Å². The van der Waals surface area contributed by atoms with Gasteiger partial charge in [0.25, 0.3) is 11.1 Å². The van der Waals surface area contributed by atoms with Crippen molar-refractivity contribution in [2.24, 2.45) is 0 Å². The number of ether oxygens (including phenoxy) is 2. The van der Waals surface area contributed by atoms with Gasteiger partial charge in [0.05, 0.1) is 29.2 Å². The predicted octanol–water partition coefficient (Wildman–Crippen LogP) is 4.85. The summed E-state index contributed by atoms with van der Waals surface area (Å²) in [5.41, 5.74) is 0.862. The van der Waals surface area contributed by atoms with Gasteiger partial charge in [-0.1, -0.05) is 23.2 Å². The molecule has 172 valence electrons. The Balaban J connectivity index is 1.74. The van der Waals surface area contributed by atoms with Gasteiger partial charge in [-0.2, -0.15) is 0 Å². The highest BCUT2D eigenvalue weighted by Crippen LogP contribution is 2.35. The molecule has 1 aliphatic rings. The number of hydrogen-bond acceptors (Lipinski definition) is 7. The summed E-state index contributed by atoms with van der Waals surface area (Å²) in [4.78, 5) is 50.4. The smallest absolute Gasteiger partial charge is 0.339 e. The third-order valence-corrected chi connectivity index (χ3v) is 5.86. The number of thioether (sulfide) groups is 1. The summed E-state index contributed by atoms with van der Waals surface area (Å²) < 4.78 is 10.2. The van der Waals surface area contributed by atoms with E-state index in [0.29, 0.717) is 34.7 Å². The molecule has 0 saturated carbocycles. The van der Waals surface area contributed by atoms with Crippen LogP contribution in [-0.2, 0) is 14.3 Å². The Kier molecular flexibility index (Phi) is 8.01. The van der Waals surface area contributed by atoms with Crippen molar-refractivity contribution in [3.63, 3.8) is 0 Å². The molecule has 0 radical (unpaired) electrons. The van der Waals surface area contributed by atoms with Crippen molar-refractivity contribution in [2.75, 3.05) is 25.6 Å². The van der Waals surface area contributed by atoms with Crippen LogP contribution in [0.5, 0.6) is 5.75 Å². The minimum Gasteiger partial charge on any atom is -0.493 e. The van der Waals surface area contributed by atoms with Gasteiger partial charge in [0.15, 0.2) is 0 Å². The van der Waals surface area contributed by atoms with Crippen LogP contribution in [0, 0.1) is 0 Å². The second kappa shape index (κ2) is 10.7. The maximum Gasteiger partial charge on any atom is 0.339 e. The van der Waals surface area contributed by atoms with Crippen LogP contribution in [0.15, 0.2) is 41.3 Å². The molecule has 0 unspecified atom stereocenters. The van der Waals surface area contributed by atoms with E-state index in [9.17, 15) is 19.2 Å². The molecule has 1 aliphatic heterocycles. The van der Waals surface area contributed by atoms with Gasteiger partial charge in [-0.15, -0.1) is 0 Å². The molecule has 2 aromatic rings. The molecule has 2 aromatic carbocycles. The number of carbonyl (C=O) groups excluding carboxylic acids is 4. The first-order valence-electron chi connectivity index (χ1n) is 9.59. The van der Waals surface area contributed by atoms with Gasteiger partial charge >= 0.3 is 5.97 Å². The highest BCUT2D eigenvalue weighted by molar-refractivity contribution is 8.18. The molecule has 0 bridgehead atoms. The van der Waals surface area contributed by atoms with Crippen LogP contribution in [0.25, 0.3) is 6.08 Å². The lowest BCUT2D eigenvalue weighted by molar-refractivity contribution is -0.127. The Morgan fingerprint density at radius 2 is 1.91 bits per heavy atom. The standard InChI is InChI=1S/C22H18Cl2N2O6S/c1-3-32-17-7-4-13(23)8-12(17)9-18-20(28)26(22(30)33-18)11-19(27)25-14-5-6-16(24)15(10-14)21(29)31-2/h4-10H,3,11H2,1-2H3,(H,25,27)/b18-9+. The van der Waals surface area contributed by atoms with Crippen molar-refractivity contribution in [3.05, 3.63) is 62.5 Å². The zero-order chi connectivity index (χ0) is 24.1. The van der Waals surface area contributed by atoms with Gasteiger partial charge in [0.1, 0.15) is 12.3 Å². The molecule has 11 heteroatoms. The van der Waals surface area contributed by atoms with Crippen molar-refractivity contribution >= 4 is 69.8 Å². The first-order valence-corrected chi connectivity index (χ1v) is 11.2. The topological polar surface area (TPSA) is 102 Å². The second-order valence-corrected chi connectivity index (χ2v) is 8.45. The summed E-state index contributed by atoms with van der Waals surface area (Å²) in [6, 6.07) is 9.19. The lowest BCUT2D eigenvalue weighted by Crippen LogP contribution is -2.36. The van der Waals surface area contributed by atoms with Gasteiger partial charge in [-0.05, 0) is 61.2 Å². The van der Waals surface area contributed by atoms with Crippen molar-refractivity contribution in [1.29, 1.82) is 0 Å². The maximum atomic E-state index is 12.8. The number of anilines is 1. The number of carbonyl (C=O) groups is 4. The lowest BCUT2D eigenvalue weighted by Gasteiger charge is -2.13. The van der Waals surface area contributed by atoms with Crippen LogP contribution in [0.1, 0.15) is 22.8 Å². The molecule has 1 saturated heterocycles. The van der Waals surface area contributed by atoms with Gasteiger partial charge in [0, 0.05) is 16.3 Å². The highest BCUT2D eigenvalue weighted by atomic mass is 35.5. The Hall–Kier alpha value is -3.01. The number of rotatable bonds is 7. The molecule has 1 N–H and O–H groups in total.